The van der Waals surface area contributed by atoms with E-state index in [0.29, 0.717) is 5.56 Å². The monoisotopic (exact) mass is 268 g/mol. The van der Waals surface area contributed by atoms with Crippen LogP contribution in [0.5, 0.6) is 0 Å². The Morgan fingerprint density at radius 3 is 2.50 bits per heavy atom. The van der Waals surface area contributed by atoms with E-state index in [1.54, 1.807) is 7.05 Å². The summed E-state index contributed by atoms with van der Waals surface area (Å²) < 4.78 is 0. The Balaban J connectivity index is 2.18. The zero-order valence-electron chi connectivity index (χ0n) is 12.2. The first-order valence-electron chi connectivity index (χ1n) is 6.73. The van der Waals surface area contributed by atoms with Crippen LogP contribution in [-0.4, -0.2) is 13.0 Å². The van der Waals surface area contributed by atoms with Crippen LogP contribution in [0.4, 0.5) is 5.69 Å². The second-order valence-electron chi connectivity index (χ2n) is 4.84. The van der Waals surface area contributed by atoms with Gasteiger partial charge in [-0.25, -0.2) is 0 Å². The minimum atomic E-state index is -0.0537. The Bertz CT molecular complexity index is 620. The van der Waals surface area contributed by atoms with Gasteiger partial charge in [-0.15, -0.1) is 0 Å². The second-order valence-corrected chi connectivity index (χ2v) is 4.84. The average molecular weight is 268 g/mol. The summed E-state index contributed by atoms with van der Waals surface area (Å²) >= 11 is 0. The van der Waals surface area contributed by atoms with Crippen molar-refractivity contribution in [3.8, 4) is 0 Å². The first-order chi connectivity index (χ1) is 9.63. The van der Waals surface area contributed by atoms with Crippen LogP contribution in [0.15, 0.2) is 42.5 Å². The highest BCUT2D eigenvalue weighted by molar-refractivity contribution is 5.96. The summed E-state index contributed by atoms with van der Waals surface area (Å²) in [5.74, 6) is -0.0537. The standard InChI is InChI=1S/C17H20N2O/c1-12-7-4-5-8-14(12)11-19-16-10-6-9-15(13(16)2)17(20)18-3/h4-10,19H,11H2,1-3H3,(H,18,20). The zero-order valence-corrected chi connectivity index (χ0v) is 12.2. The molecule has 0 aromatic heterocycles. The molecule has 0 aliphatic heterocycles. The number of amides is 1. The maximum Gasteiger partial charge on any atom is 0.251 e. The van der Waals surface area contributed by atoms with Crippen LogP contribution < -0.4 is 10.6 Å². The molecule has 0 radical (unpaired) electrons. The summed E-state index contributed by atoms with van der Waals surface area (Å²) in [6.07, 6.45) is 0. The van der Waals surface area contributed by atoms with Gasteiger partial charge in [0.05, 0.1) is 0 Å². The molecule has 20 heavy (non-hydrogen) atoms. The maximum absolute atomic E-state index is 11.8. The van der Waals surface area contributed by atoms with Crippen molar-refractivity contribution in [3.05, 3.63) is 64.7 Å². The van der Waals surface area contributed by atoms with Crippen LogP contribution in [0, 0.1) is 13.8 Å². The van der Waals surface area contributed by atoms with E-state index in [0.717, 1.165) is 17.8 Å². The molecule has 2 aromatic rings. The minimum absolute atomic E-state index is 0.0537. The van der Waals surface area contributed by atoms with E-state index in [9.17, 15) is 4.79 Å². The average Bonchev–Trinajstić information content (AvgIpc) is 2.47. The molecule has 0 bridgehead atoms. The summed E-state index contributed by atoms with van der Waals surface area (Å²) in [7, 11) is 1.65. The van der Waals surface area contributed by atoms with Gasteiger partial charge in [-0.3, -0.25) is 4.79 Å². The number of hydrogen-bond donors (Lipinski definition) is 2. The van der Waals surface area contributed by atoms with E-state index < -0.39 is 0 Å². The lowest BCUT2D eigenvalue weighted by Crippen LogP contribution is -2.19. The first kappa shape index (κ1) is 14.1. The molecule has 0 fully saturated rings. The van der Waals surface area contributed by atoms with Gasteiger partial charge in [0.15, 0.2) is 0 Å². The highest BCUT2D eigenvalue weighted by Crippen LogP contribution is 2.20. The predicted molar refractivity (Wildman–Crippen MR) is 83.1 cm³/mol. The number of carbonyl (C=O) groups is 1. The van der Waals surface area contributed by atoms with Crippen LogP contribution in [0.25, 0.3) is 0 Å². The Kier molecular flexibility index (Phi) is 4.41. The van der Waals surface area contributed by atoms with Crippen molar-refractivity contribution in [2.75, 3.05) is 12.4 Å². The highest BCUT2D eigenvalue weighted by atomic mass is 16.1. The lowest BCUT2D eigenvalue weighted by Gasteiger charge is -2.13. The number of anilines is 1. The van der Waals surface area contributed by atoms with Gasteiger partial charge in [0.25, 0.3) is 5.91 Å². The molecular formula is C17H20N2O. The van der Waals surface area contributed by atoms with E-state index in [1.807, 2.05) is 37.3 Å². The van der Waals surface area contributed by atoms with Crippen LogP contribution in [0.3, 0.4) is 0 Å². The Labute approximate surface area is 120 Å². The molecule has 0 aliphatic rings. The van der Waals surface area contributed by atoms with Crippen molar-refractivity contribution in [2.24, 2.45) is 0 Å². The lowest BCUT2D eigenvalue weighted by atomic mass is 10.1. The number of carbonyl (C=O) groups excluding carboxylic acids is 1. The lowest BCUT2D eigenvalue weighted by molar-refractivity contribution is 0.0962. The van der Waals surface area contributed by atoms with Gasteiger partial charge in [-0.1, -0.05) is 30.3 Å². The van der Waals surface area contributed by atoms with Crippen LogP contribution in [-0.2, 0) is 6.54 Å². The van der Waals surface area contributed by atoms with Gasteiger partial charge in [-0.2, -0.15) is 0 Å². The SMILES string of the molecule is CNC(=O)c1cccc(NCc2ccccc2C)c1C. The molecule has 0 spiro atoms. The Morgan fingerprint density at radius 2 is 1.80 bits per heavy atom. The van der Waals surface area contributed by atoms with Crippen molar-refractivity contribution in [3.63, 3.8) is 0 Å². The zero-order chi connectivity index (χ0) is 14.5. The minimum Gasteiger partial charge on any atom is -0.381 e. The molecule has 1 amide bonds. The van der Waals surface area contributed by atoms with Crippen LogP contribution in [0.2, 0.25) is 0 Å². The largest absolute Gasteiger partial charge is 0.381 e. The molecule has 3 heteroatoms. The molecule has 0 saturated carbocycles. The molecular weight excluding hydrogens is 248 g/mol. The highest BCUT2D eigenvalue weighted by Gasteiger charge is 2.09. The topological polar surface area (TPSA) is 41.1 Å². The van der Waals surface area contributed by atoms with Crippen molar-refractivity contribution < 1.29 is 4.79 Å². The third kappa shape index (κ3) is 2.99. The normalized spacial score (nSPS) is 10.2. The molecule has 104 valence electrons. The quantitative estimate of drug-likeness (QED) is 0.893. The van der Waals surface area contributed by atoms with Gasteiger partial charge in [0.1, 0.15) is 0 Å². The Morgan fingerprint density at radius 1 is 1.05 bits per heavy atom. The number of benzene rings is 2. The second kappa shape index (κ2) is 6.24. The number of aryl methyl sites for hydroxylation is 1. The molecule has 0 aliphatic carbocycles. The van der Waals surface area contributed by atoms with Gasteiger partial charge < -0.3 is 10.6 Å². The summed E-state index contributed by atoms with van der Waals surface area (Å²) in [5.41, 5.74) is 5.20. The number of nitrogens with one attached hydrogen (secondary N) is 2. The number of hydrogen-bond acceptors (Lipinski definition) is 2. The van der Waals surface area contributed by atoms with E-state index in [2.05, 4.69) is 29.7 Å². The predicted octanol–water partition coefficient (Wildman–Crippen LogP) is 3.28. The molecule has 2 rings (SSSR count). The fourth-order valence-corrected chi connectivity index (χ4v) is 2.21. The maximum atomic E-state index is 11.8. The smallest absolute Gasteiger partial charge is 0.251 e. The fraction of sp³-hybridized carbons (Fsp3) is 0.235. The summed E-state index contributed by atoms with van der Waals surface area (Å²) in [4.78, 5) is 11.8. The summed E-state index contributed by atoms with van der Waals surface area (Å²) in [6, 6.07) is 14.0. The Hall–Kier alpha value is -2.29. The van der Waals surface area contributed by atoms with Crippen molar-refractivity contribution >= 4 is 11.6 Å². The van der Waals surface area contributed by atoms with Gasteiger partial charge >= 0.3 is 0 Å². The van der Waals surface area contributed by atoms with Crippen molar-refractivity contribution in [1.82, 2.24) is 5.32 Å². The van der Waals surface area contributed by atoms with Crippen molar-refractivity contribution in [1.29, 1.82) is 0 Å². The van der Waals surface area contributed by atoms with Gasteiger partial charge in [0.2, 0.25) is 0 Å². The van der Waals surface area contributed by atoms with Crippen LogP contribution >= 0.6 is 0 Å². The van der Waals surface area contributed by atoms with Crippen molar-refractivity contribution in [2.45, 2.75) is 20.4 Å². The van der Waals surface area contributed by atoms with E-state index in [4.69, 9.17) is 0 Å². The van der Waals surface area contributed by atoms with Crippen LogP contribution in [0.1, 0.15) is 27.0 Å². The molecule has 2 aromatic carbocycles. The van der Waals surface area contributed by atoms with Gasteiger partial charge in [-0.05, 0) is 42.7 Å². The van der Waals surface area contributed by atoms with E-state index in [-0.39, 0.29) is 5.91 Å². The first-order valence-corrected chi connectivity index (χ1v) is 6.73. The molecule has 0 atom stereocenters. The summed E-state index contributed by atoms with van der Waals surface area (Å²) in [5, 5.41) is 6.07. The molecule has 0 heterocycles. The molecule has 0 saturated heterocycles. The fourth-order valence-electron chi connectivity index (χ4n) is 2.21. The number of rotatable bonds is 4. The molecule has 3 nitrogen and oxygen atoms in total. The molecule has 2 N–H and O–H groups in total. The summed E-state index contributed by atoms with van der Waals surface area (Å²) in [6.45, 7) is 4.82. The van der Waals surface area contributed by atoms with E-state index in [1.165, 1.54) is 11.1 Å². The third-order valence-corrected chi connectivity index (χ3v) is 3.54. The van der Waals surface area contributed by atoms with E-state index >= 15 is 0 Å². The third-order valence-electron chi connectivity index (χ3n) is 3.54. The molecule has 0 unspecified atom stereocenters. The van der Waals surface area contributed by atoms with Gasteiger partial charge in [0, 0.05) is 24.8 Å².